The molecule has 0 fully saturated rings. The van der Waals surface area contributed by atoms with Crippen LogP contribution in [0.1, 0.15) is 20.8 Å². The van der Waals surface area contributed by atoms with Gasteiger partial charge in [0.05, 0.1) is 24.2 Å². The number of halogens is 1. The smallest absolute Gasteiger partial charge is 0.337 e. The van der Waals surface area contributed by atoms with Crippen molar-refractivity contribution < 1.29 is 14.4 Å². The van der Waals surface area contributed by atoms with Gasteiger partial charge >= 0.3 is 5.97 Å². The van der Waals surface area contributed by atoms with E-state index in [9.17, 15) is 4.79 Å². The molecule has 0 bridgehead atoms. The van der Waals surface area contributed by atoms with E-state index < -0.39 is 12.1 Å². The van der Waals surface area contributed by atoms with Crippen molar-refractivity contribution in [1.82, 2.24) is 10.7 Å². The fraction of sp³-hybridized carbons (Fsp3) is 0.357. The lowest BCUT2D eigenvalue weighted by atomic mass is 10.3. The van der Waals surface area contributed by atoms with Gasteiger partial charge in [0.25, 0.3) is 0 Å². The van der Waals surface area contributed by atoms with Crippen LogP contribution in [-0.4, -0.2) is 23.9 Å². The van der Waals surface area contributed by atoms with E-state index >= 15 is 0 Å². The minimum absolute atomic E-state index is 0.323. The van der Waals surface area contributed by atoms with E-state index in [4.69, 9.17) is 21.2 Å². The van der Waals surface area contributed by atoms with Gasteiger partial charge in [0.2, 0.25) is 0 Å². The second-order valence-electron chi connectivity index (χ2n) is 4.51. The molecule has 1 aliphatic rings. The van der Waals surface area contributed by atoms with Gasteiger partial charge in [0.15, 0.2) is 6.10 Å². The quantitative estimate of drug-likeness (QED) is 0.844. The number of allylic oxidation sites excluding steroid dienone is 1. The highest BCUT2D eigenvalue weighted by Gasteiger charge is 2.24. The Hall–Kier alpha value is -1.76. The van der Waals surface area contributed by atoms with Crippen molar-refractivity contribution >= 4 is 23.3 Å². The maximum Gasteiger partial charge on any atom is 0.337 e. The number of ether oxygens (including phenoxy) is 1. The molecule has 114 valence electrons. The molecule has 0 spiro atoms. The van der Waals surface area contributed by atoms with Crippen molar-refractivity contribution in [1.29, 1.82) is 0 Å². The lowest BCUT2D eigenvalue weighted by Crippen LogP contribution is -2.43. The molecule has 7 heteroatoms. The van der Waals surface area contributed by atoms with Crippen LogP contribution in [0.3, 0.4) is 0 Å². The third-order valence-electron chi connectivity index (χ3n) is 2.81. The van der Waals surface area contributed by atoms with Gasteiger partial charge in [-0.3, -0.25) is 5.01 Å². The zero-order valence-electron chi connectivity index (χ0n) is 12.2. The van der Waals surface area contributed by atoms with Crippen molar-refractivity contribution in [3.8, 4) is 0 Å². The fourth-order valence-corrected chi connectivity index (χ4v) is 2.02. The van der Waals surface area contributed by atoms with Crippen LogP contribution in [-0.2, 0) is 14.4 Å². The predicted molar refractivity (Wildman–Crippen MR) is 79.8 cm³/mol. The van der Waals surface area contributed by atoms with E-state index in [0.29, 0.717) is 11.6 Å². The molecule has 21 heavy (non-hydrogen) atoms. The largest absolute Gasteiger partial charge is 0.464 e. The molecule has 0 radical (unpaired) electrons. The number of esters is 1. The van der Waals surface area contributed by atoms with Crippen LogP contribution in [0.25, 0.3) is 0 Å². The summed E-state index contributed by atoms with van der Waals surface area (Å²) in [6.45, 7) is 5.62. The van der Waals surface area contributed by atoms with Crippen LogP contribution in [0, 0.1) is 0 Å². The maximum absolute atomic E-state index is 11.6. The monoisotopic (exact) mass is 311 g/mol. The van der Waals surface area contributed by atoms with Gasteiger partial charge in [-0.1, -0.05) is 17.7 Å². The number of hydrazine groups is 2. The number of carbonyl (C=O) groups excluding carboxylic acids is 1. The van der Waals surface area contributed by atoms with E-state index in [0.717, 1.165) is 11.4 Å². The Labute approximate surface area is 128 Å². The number of hydrogen-bond donors (Lipinski definition) is 1. The summed E-state index contributed by atoms with van der Waals surface area (Å²) in [7, 11) is 0. The minimum Gasteiger partial charge on any atom is -0.464 e. The Bertz CT molecular complexity index is 550. The number of rotatable bonds is 5. The summed E-state index contributed by atoms with van der Waals surface area (Å²) in [6, 6.07) is 7.40. The van der Waals surface area contributed by atoms with Crippen molar-refractivity contribution in [3.05, 3.63) is 41.2 Å². The SMILES string of the molecule is CCOC(=O)C(C)ON1C=C(C)N(c2cccc(Cl)c2)N1. The van der Waals surface area contributed by atoms with Crippen molar-refractivity contribution in [2.24, 2.45) is 0 Å². The summed E-state index contributed by atoms with van der Waals surface area (Å²) in [6.07, 6.45) is 1.03. The number of nitrogens with one attached hydrogen (secondary N) is 1. The van der Waals surface area contributed by atoms with Crippen molar-refractivity contribution in [2.75, 3.05) is 11.6 Å². The van der Waals surface area contributed by atoms with Crippen LogP contribution >= 0.6 is 11.6 Å². The first kappa shape index (κ1) is 15.6. The highest BCUT2D eigenvalue weighted by Crippen LogP contribution is 2.24. The van der Waals surface area contributed by atoms with E-state index in [1.165, 1.54) is 5.17 Å². The normalized spacial score (nSPS) is 15.9. The second kappa shape index (κ2) is 6.80. The summed E-state index contributed by atoms with van der Waals surface area (Å²) >= 11 is 5.99. The average Bonchev–Trinajstić information content (AvgIpc) is 2.79. The average molecular weight is 312 g/mol. The van der Waals surface area contributed by atoms with Crippen LogP contribution < -0.4 is 10.5 Å². The molecule has 0 aliphatic carbocycles. The van der Waals surface area contributed by atoms with Gasteiger partial charge in [-0.2, -0.15) is 5.17 Å². The first-order chi connectivity index (χ1) is 10.0. The zero-order chi connectivity index (χ0) is 15.4. The molecule has 0 saturated carbocycles. The fourth-order valence-electron chi connectivity index (χ4n) is 1.84. The minimum atomic E-state index is -0.708. The number of hydrogen-bond acceptors (Lipinski definition) is 6. The summed E-state index contributed by atoms with van der Waals surface area (Å²) in [5.74, 6) is -0.411. The lowest BCUT2D eigenvalue weighted by Gasteiger charge is -2.24. The van der Waals surface area contributed by atoms with E-state index in [1.807, 2.05) is 25.1 Å². The first-order valence-corrected chi connectivity index (χ1v) is 7.02. The van der Waals surface area contributed by atoms with Crippen LogP contribution in [0.15, 0.2) is 36.2 Å². The molecule has 1 aliphatic heterocycles. The topological polar surface area (TPSA) is 54.0 Å². The Kier molecular flexibility index (Phi) is 5.06. The van der Waals surface area contributed by atoms with Gasteiger partial charge in [-0.25, -0.2) is 9.63 Å². The number of carbonyl (C=O) groups is 1. The van der Waals surface area contributed by atoms with E-state index in [2.05, 4.69) is 5.53 Å². The Morgan fingerprint density at radius 1 is 1.48 bits per heavy atom. The van der Waals surface area contributed by atoms with Gasteiger partial charge in [-0.15, -0.1) is 5.53 Å². The van der Waals surface area contributed by atoms with Crippen molar-refractivity contribution in [3.63, 3.8) is 0 Å². The second-order valence-corrected chi connectivity index (χ2v) is 4.95. The molecule has 1 heterocycles. The molecule has 1 unspecified atom stereocenters. The van der Waals surface area contributed by atoms with Crippen LogP contribution in [0.2, 0.25) is 5.02 Å². The molecule has 0 saturated heterocycles. The number of hydroxylamine groups is 1. The number of anilines is 1. The Morgan fingerprint density at radius 3 is 2.90 bits per heavy atom. The third-order valence-corrected chi connectivity index (χ3v) is 3.05. The van der Waals surface area contributed by atoms with Crippen molar-refractivity contribution in [2.45, 2.75) is 26.9 Å². The number of benzene rings is 1. The molecule has 1 atom stereocenters. The lowest BCUT2D eigenvalue weighted by molar-refractivity contribution is -0.205. The molecule has 0 aromatic heterocycles. The van der Waals surface area contributed by atoms with Gasteiger partial charge in [0, 0.05) is 5.02 Å². The molecular formula is C14H18ClN3O3. The molecule has 0 amide bonds. The molecule has 1 aromatic rings. The molecule has 1 N–H and O–H groups in total. The maximum atomic E-state index is 11.6. The molecular weight excluding hydrogens is 294 g/mol. The molecule has 6 nitrogen and oxygen atoms in total. The van der Waals surface area contributed by atoms with E-state index in [-0.39, 0.29) is 0 Å². The van der Waals surface area contributed by atoms with E-state index in [1.54, 1.807) is 31.1 Å². The van der Waals surface area contributed by atoms with Gasteiger partial charge < -0.3 is 4.74 Å². The standard InChI is InChI=1S/C14H18ClN3O3/c1-4-20-14(19)11(3)21-17-9-10(2)18(16-17)13-7-5-6-12(15)8-13/h5-9,11,16H,4H2,1-3H3. The summed E-state index contributed by atoms with van der Waals surface area (Å²) in [4.78, 5) is 17.0. The zero-order valence-corrected chi connectivity index (χ0v) is 12.9. The van der Waals surface area contributed by atoms with Crippen LogP contribution in [0.5, 0.6) is 0 Å². The third kappa shape index (κ3) is 3.87. The number of nitrogens with zero attached hydrogens (tertiary/aromatic N) is 2. The highest BCUT2D eigenvalue weighted by molar-refractivity contribution is 6.30. The Balaban J connectivity index is 2.00. The summed E-state index contributed by atoms with van der Waals surface area (Å²) in [5, 5.41) is 3.81. The highest BCUT2D eigenvalue weighted by atomic mass is 35.5. The predicted octanol–water partition coefficient (Wildman–Crippen LogP) is 2.63. The summed E-state index contributed by atoms with van der Waals surface area (Å²) in [5.41, 5.74) is 4.76. The Morgan fingerprint density at radius 2 is 2.24 bits per heavy atom. The molecule has 2 rings (SSSR count). The molecule has 1 aromatic carbocycles. The van der Waals surface area contributed by atoms with Gasteiger partial charge in [-0.05, 0) is 39.0 Å². The van der Waals surface area contributed by atoms with Crippen LogP contribution in [0.4, 0.5) is 5.69 Å². The summed E-state index contributed by atoms with van der Waals surface area (Å²) < 4.78 is 4.90. The van der Waals surface area contributed by atoms with Gasteiger partial charge in [0.1, 0.15) is 0 Å². The first-order valence-electron chi connectivity index (χ1n) is 6.64.